The maximum atomic E-state index is 14.0. The lowest BCUT2D eigenvalue weighted by molar-refractivity contribution is -0.127. The van der Waals surface area contributed by atoms with E-state index in [1.54, 1.807) is 42.3 Å². The number of benzene rings is 2. The summed E-state index contributed by atoms with van der Waals surface area (Å²) in [6.07, 6.45) is 7.65. The second-order valence-electron chi connectivity index (χ2n) is 9.19. The van der Waals surface area contributed by atoms with Crippen molar-refractivity contribution < 1.29 is 24.2 Å². The molecule has 0 aromatic heterocycles. The summed E-state index contributed by atoms with van der Waals surface area (Å²) in [7, 11) is 3.09. The number of hydrogen-bond acceptors (Lipinski definition) is 5. The second-order valence-corrected chi connectivity index (χ2v) is 10.3. The molecular formula is C28H37BrN2O5. The third-order valence-electron chi connectivity index (χ3n) is 6.63. The average molecular weight is 562 g/mol. The minimum atomic E-state index is -0.931. The number of phenols is 1. The molecule has 1 aliphatic rings. The molecular weight excluding hydrogens is 524 g/mol. The van der Waals surface area contributed by atoms with E-state index in [-0.39, 0.29) is 23.6 Å². The summed E-state index contributed by atoms with van der Waals surface area (Å²) in [6, 6.07) is 10.8. The molecule has 2 N–H and O–H groups in total. The van der Waals surface area contributed by atoms with Gasteiger partial charge in [0.1, 0.15) is 11.8 Å². The molecule has 1 aliphatic carbocycles. The van der Waals surface area contributed by atoms with Gasteiger partial charge >= 0.3 is 0 Å². The van der Waals surface area contributed by atoms with Crippen molar-refractivity contribution >= 4 is 33.4 Å². The Morgan fingerprint density at radius 2 is 1.72 bits per heavy atom. The van der Waals surface area contributed by atoms with Gasteiger partial charge in [0.2, 0.25) is 11.8 Å². The first-order valence-electron chi connectivity index (χ1n) is 12.7. The van der Waals surface area contributed by atoms with Crippen molar-refractivity contribution in [1.82, 2.24) is 5.32 Å². The number of phenolic OH excluding ortho intramolecular Hbond substituents is 1. The van der Waals surface area contributed by atoms with Gasteiger partial charge in [-0.1, -0.05) is 67.1 Å². The van der Waals surface area contributed by atoms with Crippen molar-refractivity contribution in [2.24, 2.45) is 0 Å². The van der Waals surface area contributed by atoms with Crippen molar-refractivity contribution in [2.75, 3.05) is 19.1 Å². The van der Waals surface area contributed by atoms with Crippen molar-refractivity contribution in [3.63, 3.8) is 0 Å². The number of alkyl halides is 1. The van der Waals surface area contributed by atoms with E-state index < -0.39 is 10.9 Å². The molecule has 0 radical (unpaired) electrons. The number of aromatic hydroxyl groups is 1. The summed E-state index contributed by atoms with van der Waals surface area (Å²) in [5, 5.41) is 13.1. The third kappa shape index (κ3) is 6.93. The van der Waals surface area contributed by atoms with Crippen molar-refractivity contribution in [3.05, 3.63) is 48.0 Å². The van der Waals surface area contributed by atoms with Gasteiger partial charge in [0.15, 0.2) is 11.5 Å². The molecule has 2 amide bonds. The van der Waals surface area contributed by atoms with Crippen LogP contribution in [0.2, 0.25) is 0 Å². The number of hydrogen-bond donors (Lipinski definition) is 2. The predicted molar refractivity (Wildman–Crippen MR) is 145 cm³/mol. The van der Waals surface area contributed by atoms with Crippen LogP contribution in [0, 0.1) is 0 Å². The Morgan fingerprint density at radius 1 is 1.06 bits per heavy atom. The quantitative estimate of drug-likeness (QED) is 0.335. The Bertz CT molecular complexity index is 1010. The molecule has 36 heavy (non-hydrogen) atoms. The van der Waals surface area contributed by atoms with E-state index in [2.05, 4.69) is 28.2 Å². The molecule has 0 spiro atoms. The zero-order chi connectivity index (χ0) is 26.1. The molecule has 2 unspecified atom stereocenters. The van der Waals surface area contributed by atoms with Crippen LogP contribution in [-0.2, 0) is 9.59 Å². The number of rotatable bonds is 11. The Kier molecular flexibility index (Phi) is 10.5. The standard InChI is InChI=1S/C28H37BrN2O5/c1-4-5-11-23(29)28(34)31(21-14-17-24(35-2)25(18-21)36-3)26(19-12-15-22(32)16-13-19)27(33)30-20-9-7-6-8-10-20/h12-18,20,23,26,32H,4-11H2,1-3H3,(H,30,33). The molecule has 2 atom stereocenters. The van der Waals surface area contributed by atoms with Gasteiger partial charge in [-0.3, -0.25) is 14.5 Å². The van der Waals surface area contributed by atoms with Gasteiger partial charge in [0, 0.05) is 17.8 Å². The summed E-state index contributed by atoms with van der Waals surface area (Å²) in [6.45, 7) is 2.08. The van der Waals surface area contributed by atoms with Crippen molar-refractivity contribution in [2.45, 2.75) is 75.2 Å². The van der Waals surface area contributed by atoms with Crippen LogP contribution >= 0.6 is 15.9 Å². The Morgan fingerprint density at radius 3 is 2.33 bits per heavy atom. The molecule has 0 aliphatic heterocycles. The number of amides is 2. The van der Waals surface area contributed by atoms with E-state index >= 15 is 0 Å². The van der Waals surface area contributed by atoms with Gasteiger partial charge in [0.05, 0.1) is 19.0 Å². The number of methoxy groups -OCH3 is 2. The van der Waals surface area contributed by atoms with E-state index in [1.807, 2.05) is 0 Å². The van der Waals surface area contributed by atoms with E-state index in [0.29, 0.717) is 29.2 Å². The lowest BCUT2D eigenvalue weighted by Crippen LogP contribution is -2.49. The third-order valence-corrected chi connectivity index (χ3v) is 7.48. The molecule has 2 aromatic carbocycles. The Labute approximate surface area is 222 Å². The van der Waals surface area contributed by atoms with Crippen LogP contribution in [0.5, 0.6) is 17.2 Å². The van der Waals surface area contributed by atoms with Crippen LogP contribution in [0.4, 0.5) is 5.69 Å². The number of ether oxygens (including phenoxy) is 2. The summed E-state index contributed by atoms with van der Waals surface area (Å²) in [4.78, 5) is 28.9. The first-order valence-corrected chi connectivity index (χ1v) is 13.6. The molecule has 0 heterocycles. The molecule has 1 fully saturated rings. The minimum absolute atomic E-state index is 0.0769. The number of nitrogens with one attached hydrogen (secondary N) is 1. The van der Waals surface area contributed by atoms with Crippen LogP contribution in [0.15, 0.2) is 42.5 Å². The van der Waals surface area contributed by atoms with Crippen LogP contribution in [0.3, 0.4) is 0 Å². The zero-order valence-electron chi connectivity index (χ0n) is 21.3. The van der Waals surface area contributed by atoms with Crippen molar-refractivity contribution in [3.8, 4) is 17.2 Å². The van der Waals surface area contributed by atoms with Crippen LogP contribution < -0.4 is 19.7 Å². The lowest BCUT2D eigenvalue weighted by Gasteiger charge is -2.35. The maximum Gasteiger partial charge on any atom is 0.248 e. The molecule has 3 rings (SSSR count). The van der Waals surface area contributed by atoms with Crippen LogP contribution in [0.25, 0.3) is 0 Å². The van der Waals surface area contributed by atoms with Crippen LogP contribution in [-0.4, -0.2) is 42.0 Å². The van der Waals surface area contributed by atoms with Gasteiger partial charge in [-0.05, 0) is 49.1 Å². The smallest absolute Gasteiger partial charge is 0.248 e. The Hall–Kier alpha value is -2.74. The van der Waals surface area contributed by atoms with E-state index in [1.165, 1.54) is 25.7 Å². The lowest BCUT2D eigenvalue weighted by atomic mass is 9.94. The normalized spacial score (nSPS) is 15.6. The summed E-state index contributed by atoms with van der Waals surface area (Å²) in [5.74, 6) is 0.626. The molecule has 0 bridgehead atoms. The predicted octanol–water partition coefficient (Wildman–Crippen LogP) is 5.89. The monoisotopic (exact) mass is 560 g/mol. The number of halogens is 1. The van der Waals surface area contributed by atoms with Gasteiger partial charge in [0.25, 0.3) is 0 Å². The molecule has 1 saturated carbocycles. The molecule has 8 heteroatoms. The van der Waals surface area contributed by atoms with E-state index in [9.17, 15) is 14.7 Å². The number of unbranched alkanes of at least 4 members (excludes halogenated alkanes) is 1. The number of carbonyl (C=O) groups excluding carboxylic acids is 2. The largest absolute Gasteiger partial charge is 0.508 e. The number of nitrogens with zero attached hydrogens (tertiary/aromatic N) is 1. The molecule has 0 saturated heterocycles. The van der Waals surface area contributed by atoms with Gasteiger partial charge in [-0.25, -0.2) is 0 Å². The highest BCUT2D eigenvalue weighted by molar-refractivity contribution is 9.10. The van der Waals surface area contributed by atoms with Gasteiger partial charge < -0.3 is 19.9 Å². The fourth-order valence-corrected chi connectivity index (χ4v) is 5.18. The minimum Gasteiger partial charge on any atom is -0.508 e. The fourth-order valence-electron chi connectivity index (χ4n) is 4.64. The molecule has 196 valence electrons. The first kappa shape index (κ1) is 27.8. The van der Waals surface area contributed by atoms with E-state index in [4.69, 9.17) is 9.47 Å². The maximum absolute atomic E-state index is 14.0. The van der Waals surface area contributed by atoms with Crippen molar-refractivity contribution in [1.29, 1.82) is 0 Å². The summed E-state index contributed by atoms with van der Waals surface area (Å²) >= 11 is 3.59. The zero-order valence-corrected chi connectivity index (χ0v) is 22.9. The fraction of sp³-hybridized carbons (Fsp3) is 0.500. The Balaban J connectivity index is 2.10. The number of carbonyl (C=O) groups is 2. The summed E-state index contributed by atoms with van der Waals surface area (Å²) < 4.78 is 10.9. The van der Waals surface area contributed by atoms with Gasteiger partial charge in [-0.15, -0.1) is 0 Å². The second kappa shape index (κ2) is 13.5. The molecule has 7 nitrogen and oxygen atoms in total. The summed E-state index contributed by atoms with van der Waals surface area (Å²) in [5.41, 5.74) is 1.13. The van der Waals surface area contributed by atoms with Crippen LogP contribution in [0.1, 0.15) is 69.9 Å². The van der Waals surface area contributed by atoms with Gasteiger partial charge in [-0.2, -0.15) is 0 Å². The topological polar surface area (TPSA) is 88.1 Å². The highest BCUT2D eigenvalue weighted by Gasteiger charge is 2.36. The average Bonchev–Trinajstić information content (AvgIpc) is 2.90. The van der Waals surface area contributed by atoms with E-state index in [0.717, 1.165) is 38.5 Å². The highest BCUT2D eigenvalue weighted by atomic mass is 79.9. The number of anilines is 1. The highest BCUT2D eigenvalue weighted by Crippen LogP contribution is 2.37. The molecule has 2 aromatic rings. The SMILES string of the molecule is CCCCC(Br)C(=O)N(c1ccc(OC)c(OC)c1)C(C(=O)NC1CCCCC1)c1ccc(O)cc1. The first-order chi connectivity index (χ1) is 17.4.